The maximum absolute atomic E-state index is 11.9. The van der Waals surface area contributed by atoms with Crippen molar-refractivity contribution >= 4 is 6.03 Å². The molecule has 0 aliphatic heterocycles. The summed E-state index contributed by atoms with van der Waals surface area (Å²) in [6, 6.07) is -0.305. The van der Waals surface area contributed by atoms with Gasteiger partial charge in [0.2, 0.25) is 0 Å². The number of hydrogen-bond acceptors (Lipinski definition) is 3. The van der Waals surface area contributed by atoms with Crippen LogP contribution in [0.3, 0.4) is 0 Å². The van der Waals surface area contributed by atoms with Gasteiger partial charge in [-0.1, -0.05) is 12.8 Å². The van der Waals surface area contributed by atoms with Gasteiger partial charge in [-0.2, -0.15) is 5.10 Å². The first-order valence-corrected chi connectivity index (χ1v) is 7.70. The van der Waals surface area contributed by atoms with Crippen LogP contribution in [0.2, 0.25) is 0 Å². The monoisotopic (exact) mass is 294 g/mol. The Kier molecular flexibility index (Phi) is 5.22. The Labute approximate surface area is 125 Å². The van der Waals surface area contributed by atoms with Gasteiger partial charge < -0.3 is 15.7 Å². The van der Waals surface area contributed by atoms with Crippen LogP contribution in [0.4, 0.5) is 4.79 Å². The second-order valence-electron chi connectivity index (χ2n) is 5.88. The first-order valence-electron chi connectivity index (χ1n) is 7.70. The lowest BCUT2D eigenvalue weighted by molar-refractivity contribution is 0.0943. The lowest BCUT2D eigenvalue weighted by Crippen LogP contribution is -2.49. The highest BCUT2D eigenvalue weighted by Gasteiger charge is 2.24. The number of rotatable bonds is 4. The fraction of sp³-hybridized carbons (Fsp3) is 0.733. The van der Waals surface area contributed by atoms with Crippen molar-refractivity contribution in [3.63, 3.8) is 0 Å². The number of nitrogens with one attached hydrogen (secondary N) is 2. The molecule has 1 aliphatic rings. The average molecular weight is 294 g/mol. The Balaban J connectivity index is 1.76. The summed E-state index contributed by atoms with van der Waals surface area (Å²) in [5, 5.41) is 19.9. The van der Waals surface area contributed by atoms with E-state index in [1.54, 1.807) is 0 Å². The van der Waals surface area contributed by atoms with Crippen LogP contribution >= 0.6 is 0 Å². The largest absolute Gasteiger partial charge is 0.391 e. The van der Waals surface area contributed by atoms with E-state index in [1.807, 2.05) is 25.6 Å². The number of carbonyl (C=O) groups is 1. The molecule has 1 aromatic rings. The molecular weight excluding hydrogens is 268 g/mol. The third-order valence-corrected chi connectivity index (χ3v) is 4.37. The normalized spacial score (nSPS) is 22.1. The summed E-state index contributed by atoms with van der Waals surface area (Å²) in [6.45, 7) is 4.59. The molecule has 2 atom stereocenters. The van der Waals surface area contributed by atoms with Gasteiger partial charge in [0.05, 0.1) is 17.8 Å². The molecule has 1 heterocycles. The second-order valence-corrected chi connectivity index (χ2v) is 5.88. The highest BCUT2D eigenvalue weighted by atomic mass is 16.3. The molecular formula is C15H26N4O2. The molecule has 6 nitrogen and oxygen atoms in total. The molecule has 6 heteroatoms. The molecule has 2 rings (SSSR count). The van der Waals surface area contributed by atoms with E-state index >= 15 is 0 Å². The smallest absolute Gasteiger partial charge is 0.315 e. The van der Waals surface area contributed by atoms with Gasteiger partial charge in [0.15, 0.2) is 0 Å². The number of aliphatic hydroxyl groups excluding tert-OH is 1. The molecule has 0 radical (unpaired) electrons. The van der Waals surface area contributed by atoms with Crippen LogP contribution in [0.15, 0.2) is 0 Å². The SMILES string of the molecule is Cc1nn(C)c(C)c1CCNC(=O)NC1CCCCC1O. The Morgan fingerprint density at radius 2 is 2.10 bits per heavy atom. The predicted molar refractivity (Wildman–Crippen MR) is 81.2 cm³/mol. The molecule has 118 valence electrons. The minimum Gasteiger partial charge on any atom is -0.391 e. The van der Waals surface area contributed by atoms with Crippen molar-refractivity contribution in [3.8, 4) is 0 Å². The second kappa shape index (κ2) is 6.93. The summed E-state index contributed by atoms with van der Waals surface area (Å²) in [7, 11) is 1.93. The molecule has 0 saturated heterocycles. The fourth-order valence-electron chi connectivity index (χ4n) is 2.98. The molecule has 1 aliphatic carbocycles. The van der Waals surface area contributed by atoms with Crippen molar-refractivity contribution in [2.45, 2.75) is 58.1 Å². The van der Waals surface area contributed by atoms with Gasteiger partial charge in [0.25, 0.3) is 0 Å². The van der Waals surface area contributed by atoms with Gasteiger partial charge in [0, 0.05) is 19.3 Å². The maximum Gasteiger partial charge on any atom is 0.315 e. The summed E-state index contributed by atoms with van der Waals surface area (Å²) in [5.41, 5.74) is 3.34. The van der Waals surface area contributed by atoms with Gasteiger partial charge in [-0.15, -0.1) is 0 Å². The van der Waals surface area contributed by atoms with E-state index in [0.717, 1.165) is 43.5 Å². The van der Waals surface area contributed by atoms with Gasteiger partial charge in [0.1, 0.15) is 0 Å². The van der Waals surface area contributed by atoms with E-state index in [0.29, 0.717) is 6.54 Å². The maximum atomic E-state index is 11.9. The van der Waals surface area contributed by atoms with Crippen molar-refractivity contribution in [2.24, 2.45) is 7.05 Å². The van der Waals surface area contributed by atoms with E-state index in [-0.39, 0.29) is 12.1 Å². The number of urea groups is 1. The summed E-state index contributed by atoms with van der Waals surface area (Å²) in [4.78, 5) is 11.9. The number of aryl methyl sites for hydroxylation is 2. The highest BCUT2D eigenvalue weighted by molar-refractivity contribution is 5.74. The Morgan fingerprint density at radius 3 is 2.71 bits per heavy atom. The van der Waals surface area contributed by atoms with Crippen molar-refractivity contribution < 1.29 is 9.90 Å². The summed E-state index contributed by atoms with van der Waals surface area (Å²) in [5.74, 6) is 0. The van der Waals surface area contributed by atoms with Crippen LogP contribution in [-0.2, 0) is 13.5 Å². The molecule has 1 saturated carbocycles. The number of aromatic nitrogens is 2. The zero-order valence-corrected chi connectivity index (χ0v) is 13.1. The van der Waals surface area contributed by atoms with Crippen LogP contribution in [0.5, 0.6) is 0 Å². The van der Waals surface area contributed by atoms with Crippen LogP contribution in [-0.4, -0.2) is 39.6 Å². The van der Waals surface area contributed by atoms with Crippen molar-refractivity contribution in [3.05, 3.63) is 17.0 Å². The minimum absolute atomic E-state index is 0.111. The summed E-state index contributed by atoms with van der Waals surface area (Å²) in [6.07, 6.45) is 4.10. The number of aliphatic hydroxyl groups is 1. The van der Waals surface area contributed by atoms with Crippen molar-refractivity contribution in [1.82, 2.24) is 20.4 Å². The van der Waals surface area contributed by atoms with Gasteiger partial charge in [-0.3, -0.25) is 4.68 Å². The standard InChI is InChI=1S/C15H26N4O2/c1-10-12(11(2)19(3)18-10)8-9-16-15(21)17-13-6-4-5-7-14(13)20/h13-14,20H,4-9H2,1-3H3,(H2,16,17,21). The average Bonchev–Trinajstić information content (AvgIpc) is 2.68. The number of carbonyl (C=O) groups excluding carboxylic acids is 1. The molecule has 1 aromatic heterocycles. The van der Waals surface area contributed by atoms with E-state index in [1.165, 1.54) is 5.56 Å². The Morgan fingerprint density at radius 1 is 1.38 bits per heavy atom. The van der Waals surface area contributed by atoms with E-state index < -0.39 is 6.10 Å². The van der Waals surface area contributed by atoms with Crippen LogP contribution in [0.25, 0.3) is 0 Å². The van der Waals surface area contributed by atoms with E-state index in [9.17, 15) is 9.90 Å². The molecule has 2 unspecified atom stereocenters. The van der Waals surface area contributed by atoms with Gasteiger partial charge >= 0.3 is 6.03 Å². The molecule has 1 fully saturated rings. The summed E-state index contributed by atoms with van der Waals surface area (Å²) < 4.78 is 1.86. The highest BCUT2D eigenvalue weighted by Crippen LogP contribution is 2.18. The zero-order valence-electron chi connectivity index (χ0n) is 13.1. The number of hydrogen-bond donors (Lipinski definition) is 3. The molecule has 3 N–H and O–H groups in total. The van der Waals surface area contributed by atoms with Gasteiger partial charge in [-0.25, -0.2) is 4.79 Å². The van der Waals surface area contributed by atoms with Crippen molar-refractivity contribution in [2.75, 3.05) is 6.54 Å². The quantitative estimate of drug-likeness (QED) is 0.780. The zero-order chi connectivity index (χ0) is 15.4. The van der Waals surface area contributed by atoms with Gasteiger partial charge in [-0.05, 0) is 38.7 Å². The minimum atomic E-state index is -0.410. The summed E-state index contributed by atoms with van der Waals surface area (Å²) >= 11 is 0. The van der Waals surface area contributed by atoms with Crippen LogP contribution in [0.1, 0.15) is 42.6 Å². The lowest BCUT2D eigenvalue weighted by atomic mass is 9.93. The molecule has 21 heavy (non-hydrogen) atoms. The molecule has 2 amide bonds. The topological polar surface area (TPSA) is 79.2 Å². The van der Waals surface area contributed by atoms with Crippen molar-refractivity contribution in [1.29, 1.82) is 0 Å². The molecule has 0 aromatic carbocycles. The third-order valence-electron chi connectivity index (χ3n) is 4.37. The van der Waals surface area contributed by atoms with E-state index in [2.05, 4.69) is 15.7 Å². The van der Waals surface area contributed by atoms with E-state index in [4.69, 9.17) is 0 Å². The number of amides is 2. The number of nitrogens with zero attached hydrogens (tertiary/aromatic N) is 2. The molecule has 0 spiro atoms. The molecule has 0 bridgehead atoms. The first kappa shape index (κ1) is 15.8. The Hall–Kier alpha value is -1.56. The lowest BCUT2D eigenvalue weighted by Gasteiger charge is -2.28. The fourth-order valence-corrected chi connectivity index (χ4v) is 2.98. The van der Waals surface area contributed by atoms with Crippen LogP contribution < -0.4 is 10.6 Å². The van der Waals surface area contributed by atoms with Crippen LogP contribution in [0, 0.1) is 13.8 Å². The predicted octanol–water partition coefficient (Wildman–Crippen LogP) is 1.18. The Bertz CT molecular complexity index is 498. The first-order chi connectivity index (χ1) is 9.99. The third kappa shape index (κ3) is 3.97.